The summed E-state index contributed by atoms with van der Waals surface area (Å²) < 4.78 is 5.18. The first-order chi connectivity index (χ1) is 8.76. The van der Waals surface area contributed by atoms with Crippen molar-refractivity contribution in [3.05, 3.63) is 29.8 Å². The molecule has 1 aliphatic rings. The molecule has 1 fully saturated rings. The number of nitrogens with two attached hydrogens (primary N) is 1. The van der Waals surface area contributed by atoms with Gasteiger partial charge in [-0.3, -0.25) is 4.90 Å². The van der Waals surface area contributed by atoms with Crippen LogP contribution in [0.2, 0.25) is 0 Å². The zero-order valence-electron chi connectivity index (χ0n) is 11.4. The van der Waals surface area contributed by atoms with Crippen LogP contribution in [0.15, 0.2) is 24.3 Å². The maximum Gasteiger partial charge on any atom is 0.118 e. The Labute approximate surface area is 110 Å². The lowest BCUT2D eigenvalue weighted by molar-refractivity contribution is 0.146. The maximum absolute atomic E-state index is 6.41. The minimum atomic E-state index is 0.00371. The lowest BCUT2D eigenvalue weighted by Crippen LogP contribution is -2.40. The van der Waals surface area contributed by atoms with Crippen LogP contribution < -0.4 is 10.5 Å². The Morgan fingerprint density at radius 2 is 1.89 bits per heavy atom. The van der Waals surface area contributed by atoms with Crippen LogP contribution >= 0.6 is 0 Å². The van der Waals surface area contributed by atoms with Crippen molar-refractivity contribution in [2.45, 2.75) is 44.8 Å². The van der Waals surface area contributed by atoms with Gasteiger partial charge in [0, 0.05) is 6.04 Å². The lowest BCUT2D eigenvalue weighted by Gasteiger charge is -2.33. The second-order valence-electron chi connectivity index (χ2n) is 4.99. The molecule has 100 valence electrons. The van der Waals surface area contributed by atoms with Gasteiger partial charge in [0.25, 0.3) is 0 Å². The van der Waals surface area contributed by atoms with Gasteiger partial charge in [0.05, 0.1) is 13.3 Å². The summed E-state index contributed by atoms with van der Waals surface area (Å²) in [7, 11) is 1.69. The van der Waals surface area contributed by atoms with Crippen LogP contribution in [0.4, 0.5) is 0 Å². The maximum atomic E-state index is 6.41. The number of hydrogen-bond acceptors (Lipinski definition) is 3. The van der Waals surface area contributed by atoms with Crippen LogP contribution in [0.1, 0.15) is 44.3 Å². The lowest BCUT2D eigenvalue weighted by atomic mass is 10.1. The van der Waals surface area contributed by atoms with E-state index in [-0.39, 0.29) is 6.17 Å². The van der Waals surface area contributed by atoms with Crippen LogP contribution in [-0.4, -0.2) is 24.6 Å². The Kier molecular flexibility index (Phi) is 4.61. The summed E-state index contributed by atoms with van der Waals surface area (Å²) in [4.78, 5) is 2.43. The Balaban J connectivity index is 2.09. The molecule has 0 saturated heterocycles. The summed E-state index contributed by atoms with van der Waals surface area (Å²) in [6.45, 7) is 3.21. The minimum Gasteiger partial charge on any atom is -0.497 e. The largest absolute Gasteiger partial charge is 0.497 e. The number of nitrogens with zero attached hydrogens (tertiary/aromatic N) is 1. The average Bonchev–Trinajstić information content (AvgIpc) is 2.93. The fraction of sp³-hybridized carbons (Fsp3) is 0.600. The molecule has 0 aromatic heterocycles. The second-order valence-corrected chi connectivity index (χ2v) is 4.99. The molecule has 3 nitrogen and oxygen atoms in total. The molecule has 1 saturated carbocycles. The Morgan fingerprint density at radius 3 is 2.39 bits per heavy atom. The van der Waals surface area contributed by atoms with E-state index in [1.807, 2.05) is 12.1 Å². The van der Waals surface area contributed by atoms with E-state index in [4.69, 9.17) is 10.5 Å². The van der Waals surface area contributed by atoms with E-state index in [1.54, 1.807) is 7.11 Å². The van der Waals surface area contributed by atoms with Gasteiger partial charge in [-0.25, -0.2) is 0 Å². The number of ether oxygens (including phenoxy) is 1. The number of rotatable bonds is 5. The van der Waals surface area contributed by atoms with Crippen molar-refractivity contribution in [2.75, 3.05) is 13.7 Å². The molecule has 1 atom stereocenters. The Hall–Kier alpha value is -1.06. The third-order valence-corrected chi connectivity index (χ3v) is 3.97. The predicted molar refractivity (Wildman–Crippen MR) is 74.6 cm³/mol. The zero-order valence-corrected chi connectivity index (χ0v) is 11.4. The number of benzene rings is 1. The third kappa shape index (κ3) is 2.85. The highest BCUT2D eigenvalue weighted by Crippen LogP contribution is 2.28. The van der Waals surface area contributed by atoms with Crippen molar-refractivity contribution in [1.82, 2.24) is 4.90 Å². The van der Waals surface area contributed by atoms with E-state index in [9.17, 15) is 0 Å². The van der Waals surface area contributed by atoms with Crippen molar-refractivity contribution in [2.24, 2.45) is 5.73 Å². The van der Waals surface area contributed by atoms with Gasteiger partial charge in [0.1, 0.15) is 5.75 Å². The van der Waals surface area contributed by atoms with Crippen LogP contribution in [0.25, 0.3) is 0 Å². The van der Waals surface area contributed by atoms with Crippen molar-refractivity contribution in [3.63, 3.8) is 0 Å². The molecule has 0 heterocycles. The highest BCUT2D eigenvalue weighted by molar-refractivity contribution is 5.28. The standard InChI is InChI=1S/C15H24N2O/c1-3-17(13-6-4-5-7-13)15(16)12-8-10-14(18-2)11-9-12/h8-11,13,15H,3-7,16H2,1-2H3. The quantitative estimate of drug-likeness (QED) is 0.814. The summed E-state index contributed by atoms with van der Waals surface area (Å²) in [6, 6.07) is 8.77. The Bertz CT molecular complexity index is 357. The first kappa shape index (κ1) is 13.4. The fourth-order valence-corrected chi connectivity index (χ4v) is 2.91. The highest BCUT2D eigenvalue weighted by atomic mass is 16.5. The van der Waals surface area contributed by atoms with Crippen LogP contribution in [0, 0.1) is 0 Å². The van der Waals surface area contributed by atoms with Gasteiger partial charge in [-0.15, -0.1) is 0 Å². The smallest absolute Gasteiger partial charge is 0.118 e. The fourth-order valence-electron chi connectivity index (χ4n) is 2.91. The van der Waals surface area contributed by atoms with Gasteiger partial charge in [-0.1, -0.05) is 31.9 Å². The number of hydrogen-bond donors (Lipinski definition) is 1. The molecule has 0 aliphatic heterocycles. The second kappa shape index (κ2) is 6.21. The Morgan fingerprint density at radius 1 is 1.28 bits per heavy atom. The molecule has 1 unspecified atom stereocenters. The van der Waals surface area contributed by atoms with Crippen LogP contribution in [-0.2, 0) is 0 Å². The summed E-state index contributed by atoms with van der Waals surface area (Å²) in [5, 5.41) is 0. The molecule has 1 aromatic rings. The molecule has 1 aliphatic carbocycles. The molecule has 3 heteroatoms. The van der Waals surface area contributed by atoms with E-state index in [0.29, 0.717) is 6.04 Å². The highest BCUT2D eigenvalue weighted by Gasteiger charge is 2.26. The third-order valence-electron chi connectivity index (χ3n) is 3.97. The van der Waals surface area contributed by atoms with E-state index in [1.165, 1.54) is 31.2 Å². The minimum absolute atomic E-state index is 0.00371. The first-order valence-corrected chi connectivity index (χ1v) is 6.91. The molecular weight excluding hydrogens is 224 g/mol. The first-order valence-electron chi connectivity index (χ1n) is 6.91. The summed E-state index contributed by atoms with van der Waals surface area (Å²) >= 11 is 0. The predicted octanol–water partition coefficient (Wildman–Crippen LogP) is 2.92. The van der Waals surface area contributed by atoms with E-state index in [0.717, 1.165) is 12.3 Å². The molecule has 2 N–H and O–H groups in total. The molecule has 0 bridgehead atoms. The van der Waals surface area contributed by atoms with Crippen molar-refractivity contribution >= 4 is 0 Å². The van der Waals surface area contributed by atoms with Crippen LogP contribution in [0.5, 0.6) is 5.75 Å². The topological polar surface area (TPSA) is 38.5 Å². The van der Waals surface area contributed by atoms with Gasteiger partial charge in [0.2, 0.25) is 0 Å². The van der Waals surface area contributed by atoms with Crippen LogP contribution in [0.3, 0.4) is 0 Å². The van der Waals surface area contributed by atoms with Gasteiger partial charge in [0.15, 0.2) is 0 Å². The van der Waals surface area contributed by atoms with Gasteiger partial charge in [-0.2, -0.15) is 0 Å². The molecule has 0 amide bonds. The van der Waals surface area contributed by atoms with Gasteiger partial charge in [-0.05, 0) is 37.1 Å². The summed E-state index contributed by atoms with van der Waals surface area (Å²) in [6.07, 6.45) is 5.27. The van der Waals surface area contributed by atoms with Gasteiger partial charge >= 0.3 is 0 Å². The molecule has 1 aromatic carbocycles. The molecular formula is C15H24N2O. The molecule has 2 rings (SSSR count). The number of methoxy groups -OCH3 is 1. The molecule has 0 spiro atoms. The van der Waals surface area contributed by atoms with E-state index >= 15 is 0 Å². The van der Waals surface area contributed by atoms with Crippen molar-refractivity contribution in [3.8, 4) is 5.75 Å². The van der Waals surface area contributed by atoms with Crippen molar-refractivity contribution in [1.29, 1.82) is 0 Å². The normalized spacial score (nSPS) is 18.2. The molecule has 0 radical (unpaired) electrons. The van der Waals surface area contributed by atoms with Crippen molar-refractivity contribution < 1.29 is 4.74 Å². The zero-order chi connectivity index (χ0) is 13.0. The summed E-state index contributed by atoms with van der Waals surface area (Å²) in [5.74, 6) is 0.884. The SMILES string of the molecule is CCN(C1CCCC1)C(N)c1ccc(OC)cc1. The van der Waals surface area contributed by atoms with E-state index in [2.05, 4.69) is 24.0 Å². The molecule has 18 heavy (non-hydrogen) atoms. The average molecular weight is 248 g/mol. The monoisotopic (exact) mass is 248 g/mol. The van der Waals surface area contributed by atoms with E-state index < -0.39 is 0 Å². The van der Waals surface area contributed by atoms with Gasteiger partial charge < -0.3 is 10.5 Å². The summed E-state index contributed by atoms with van der Waals surface area (Å²) in [5.41, 5.74) is 7.58.